The molecular formula is C10H19. The van der Waals surface area contributed by atoms with Crippen LogP contribution in [0, 0.1) is 6.58 Å². The molecule has 0 bridgehead atoms. The second-order valence-electron chi connectivity index (χ2n) is 3.01. The van der Waals surface area contributed by atoms with E-state index >= 15 is 0 Å². The van der Waals surface area contributed by atoms with E-state index in [1.807, 2.05) is 6.92 Å². The van der Waals surface area contributed by atoms with E-state index in [2.05, 4.69) is 6.92 Å². The van der Waals surface area contributed by atoms with Gasteiger partial charge in [-0.25, -0.2) is 0 Å². The highest BCUT2D eigenvalue weighted by atomic mass is 13.9. The molecule has 1 radical (unpaired) electrons. The SMILES string of the molecule is [CH]=C(C)CCCCCCC. The maximum Gasteiger partial charge on any atom is -0.0320 e. The second-order valence-corrected chi connectivity index (χ2v) is 3.01. The third kappa shape index (κ3) is 7.74. The van der Waals surface area contributed by atoms with E-state index in [-0.39, 0.29) is 0 Å². The van der Waals surface area contributed by atoms with Crippen molar-refractivity contribution in [2.75, 3.05) is 0 Å². The quantitative estimate of drug-likeness (QED) is 0.492. The molecule has 0 unspecified atom stereocenters. The number of unbranched alkanes of at least 4 members (excludes halogenated alkanes) is 4. The Morgan fingerprint density at radius 3 is 2.20 bits per heavy atom. The van der Waals surface area contributed by atoms with Crippen molar-refractivity contribution in [3.8, 4) is 0 Å². The smallest absolute Gasteiger partial charge is 0.0320 e. The van der Waals surface area contributed by atoms with Crippen LogP contribution in [0.4, 0.5) is 0 Å². The minimum atomic E-state index is 1.08. The molecule has 0 amide bonds. The molecule has 0 aromatic rings. The van der Waals surface area contributed by atoms with E-state index in [1.165, 1.54) is 32.1 Å². The fraction of sp³-hybridized carbons (Fsp3) is 0.800. The molecule has 0 atom stereocenters. The van der Waals surface area contributed by atoms with Gasteiger partial charge in [0.05, 0.1) is 0 Å². The summed E-state index contributed by atoms with van der Waals surface area (Å²) in [6, 6.07) is 0. The van der Waals surface area contributed by atoms with Gasteiger partial charge in [-0.05, 0) is 19.8 Å². The molecule has 0 aromatic heterocycles. The molecule has 0 heteroatoms. The van der Waals surface area contributed by atoms with Gasteiger partial charge >= 0.3 is 0 Å². The molecule has 0 spiro atoms. The molecule has 0 saturated heterocycles. The highest BCUT2D eigenvalue weighted by molar-refractivity contribution is 4.83. The van der Waals surface area contributed by atoms with Gasteiger partial charge in [0.2, 0.25) is 0 Å². The van der Waals surface area contributed by atoms with Gasteiger partial charge in [-0.2, -0.15) is 0 Å². The Kier molecular flexibility index (Phi) is 6.68. The first-order valence-corrected chi connectivity index (χ1v) is 4.35. The van der Waals surface area contributed by atoms with E-state index in [0.29, 0.717) is 0 Å². The summed E-state index contributed by atoms with van der Waals surface area (Å²) in [5.41, 5.74) is 1.08. The van der Waals surface area contributed by atoms with Crippen LogP contribution in [0.1, 0.15) is 52.4 Å². The van der Waals surface area contributed by atoms with Crippen molar-refractivity contribution in [2.24, 2.45) is 0 Å². The first kappa shape index (κ1) is 9.74. The Hall–Kier alpha value is -0.260. The Morgan fingerprint density at radius 1 is 1.10 bits per heavy atom. The number of hydrogen-bond donors (Lipinski definition) is 0. The van der Waals surface area contributed by atoms with Gasteiger partial charge in [0.25, 0.3) is 0 Å². The summed E-state index contributed by atoms with van der Waals surface area (Å²) in [4.78, 5) is 0. The second kappa shape index (κ2) is 6.85. The topological polar surface area (TPSA) is 0 Å². The Bertz CT molecular complexity index is 82.0. The molecular weight excluding hydrogens is 120 g/mol. The average Bonchev–Trinajstić information content (AvgIpc) is 1.87. The standard InChI is InChI=1S/C10H19/c1-4-5-6-7-8-9-10(2)3/h2H,4-9H2,1,3H3. The Morgan fingerprint density at radius 2 is 1.70 bits per heavy atom. The fourth-order valence-corrected chi connectivity index (χ4v) is 1.01. The lowest BCUT2D eigenvalue weighted by Gasteiger charge is -1.98. The van der Waals surface area contributed by atoms with Gasteiger partial charge in [-0.3, -0.25) is 0 Å². The minimum Gasteiger partial charge on any atom is -0.0733 e. The molecule has 0 N–H and O–H groups in total. The third-order valence-corrected chi connectivity index (χ3v) is 1.67. The molecule has 0 nitrogen and oxygen atoms in total. The average molecular weight is 139 g/mol. The van der Waals surface area contributed by atoms with Crippen LogP contribution in [-0.4, -0.2) is 0 Å². The maximum absolute atomic E-state index is 5.52. The van der Waals surface area contributed by atoms with Crippen molar-refractivity contribution in [3.63, 3.8) is 0 Å². The van der Waals surface area contributed by atoms with Gasteiger partial charge < -0.3 is 0 Å². The normalized spacial score (nSPS) is 9.80. The molecule has 0 aliphatic heterocycles. The van der Waals surface area contributed by atoms with Gasteiger partial charge in [0.1, 0.15) is 0 Å². The van der Waals surface area contributed by atoms with E-state index in [9.17, 15) is 0 Å². The summed E-state index contributed by atoms with van der Waals surface area (Å²) in [7, 11) is 0. The lowest BCUT2D eigenvalue weighted by atomic mass is 10.1. The molecule has 0 rings (SSSR count). The van der Waals surface area contributed by atoms with Crippen LogP contribution in [0.25, 0.3) is 0 Å². The summed E-state index contributed by atoms with van der Waals surface area (Å²) in [6.07, 6.45) is 7.83. The number of rotatable bonds is 6. The molecule has 0 heterocycles. The predicted molar refractivity (Wildman–Crippen MR) is 46.9 cm³/mol. The zero-order valence-corrected chi connectivity index (χ0v) is 7.32. The Labute approximate surface area is 65.3 Å². The molecule has 10 heavy (non-hydrogen) atoms. The molecule has 0 aliphatic carbocycles. The summed E-state index contributed by atoms with van der Waals surface area (Å²) >= 11 is 0. The van der Waals surface area contributed by atoms with E-state index in [4.69, 9.17) is 6.58 Å². The molecule has 59 valence electrons. The monoisotopic (exact) mass is 139 g/mol. The van der Waals surface area contributed by atoms with Gasteiger partial charge in [-0.1, -0.05) is 44.8 Å². The number of allylic oxidation sites excluding steroid dienone is 1. The summed E-state index contributed by atoms with van der Waals surface area (Å²) in [5, 5.41) is 0. The fourth-order valence-electron chi connectivity index (χ4n) is 1.01. The van der Waals surface area contributed by atoms with Crippen LogP contribution < -0.4 is 0 Å². The summed E-state index contributed by atoms with van der Waals surface area (Å²) in [6.45, 7) is 9.76. The molecule has 0 fully saturated rings. The van der Waals surface area contributed by atoms with Crippen LogP contribution in [0.3, 0.4) is 0 Å². The summed E-state index contributed by atoms with van der Waals surface area (Å²) < 4.78 is 0. The van der Waals surface area contributed by atoms with Crippen LogP contribution >= 0.6 is 0 Å². The third-order valence-electron chi connectivity index (χ3n) is 1.67. The highest BCUT2D eigenvalue weighted by Crippen LogP contribution is 2.08. The molecule has 0 saturated carbocycles. The van der Waals surface area contributed by atoms with Crippen LogP contribution in [-0.2, 0) is 0 Å². The molecule has 0 aliphatic rings. The first-order valence-electron chi connectivity index (χ1n) is 4.35. The van der Waals surface area contributed by atoms with E-state index in [1.54, 1.807) is 0 Å². The molecule has 0 aromatic carbocycles. The summed E-state index contributed by atoms with van der Waals surface area (Å²) in [5.74, 6) is 0. The first-order chi connectivity index (χ1) is 4.77. The lowest BCUT2D eigenvalue weighted by molar-refractivity contribution is 0.631. The van der Waals surface area contributed by atoms with Crippen molar-refractivity contribution in [3.05, 3.63) is 12.2 Å². The van der Waals surface area contributed by atoms with Crippen molar-refractivity contribution < 1.29 is 0 Å². The zero-order valence-electron chi connectivity index (χ0n) is 7.32. The van der Waals surface area contributed by atoms with E-state index in [0.717, 1.165) is 12.0 Å². The lowest BCUT2D eigenvalue weighted by Crippen LogP contribution is -1.78. The minimum absolute atomic E-state index is 1.08. The van der Waals surface area contributed by atoms with E-state index < -0.39 is 0 Å². The van der Waals surface area contributed by atoms with Crippen molar-refractivity contribution in [1.82, 2.24) is 0 Å². The van der Waals surface area contributed by atoms with Crippen LogP contribution in [0.15, 0.2) is 5.57 Å². The highest BCUT2D eigenvalue weighted by Gasteiger charge is 1.88. The van der Waals surface area contributed by atoms with Gasteiger partial charge in [0, 0.05) is 0 Å². The van der Waals surface area contributed by atoms with Crippen molar-refractivity contribution >= 4 is 0 Å². The zero-order chi connectivity index (χ0) is 7.82. The van der Waals surface area contributed by atoms with Crippen LogP contribution in [0.5, 0.6) is 0 Å². The predicted octanol–water partition coefficient (Wildman–Crippen LogP) is 3.73. The Balaban J connectivity index is 2.84. The van der Waals surface area contributed by atoms with Crippen molar-refractivity contribution in [2.45, 2.75) is 52.4 Å². The maximum atomic E-state index is 5.52. The van der Waals surface area contributed by atoms with Crippen LogP contribution in [0.2, 0.25) is 0 Å². The van der Waals surface area contributed by atoms with Crippen molar-refractivity contribution in [1.29, 1.82) is 0 Å². The number of hydrogen-bond acceptors (Lipinski definition) is 0. The largest absolute Gasteiger partial charge is 0.0733 e. The van der Waals surface area contributed by atoms with Gasteiger partial charge in [-0.15, -0.1) is 0 Å². The van der Waals surface area contributed by atoms with Gasteiger partial charge in [0.15, 0.2) is 0 Å².